The van der Waals surface area contributed by atoms with Crippen molar-refractivity contribution in [1.82, 2.24) is 4.90 Å². The molecule has 1 aliphatic carbocycles. The minimum Gasteiger partial charge on any atom is -0.490 e. The maximum absolute atomic E-state index is 13.5. The number of nitrogens with two attached hydrogens (primary N) is 1. The van der Waals surface area contributed by atoms with Gasteiger partial charge in [0.15, 0.2) is 0 Å². The highest BCUT2D eigenvalue weighted by Crippen LogP contribution is 2.25. The molecule has 4 aromatic carbocycles. The van der Waals surface area contributed by atoms with E-state index in [1.165, 1.54) is 49.8 Å². The van der Waals surface area contributed by atoms with Gasteiger partial charge in [-0.1, -0.05) is 121 Å². The number of hydrogen-bond acceptors (Lipinski definition) is 6. The zero-order chi connectivity index (χ0) is 39.1. The van der Waals surface area contributed by atoms with E-state index in [9.17, 15) is 9.59 Å². The Morgan fingerprint density at radius 1 is 0.691 bits per heavy atom. The number of esters is 1. The maximum atomic E-state index is 13.5. The van der Waals surface area contributed by atoms with Crippen molar-refractivity contribution in [3.05, 3.63) is 131 Å². The molecule has 0 aromatic heterocycles. The van der Waals surface area contributed by atoms with Crippen molar-refractivity contribution < 1.29 is 33.9 Å². The molecule has 1 amide bonds. The highest BCUT2D eigenvalue weighted by atomic mass is 16.6. The molecular formula is C47H61N2O6+. The summed E-state index contributed by atoms with van der Waals surface area (Å²) in [6, 6.07) is 33.2. The lowest BCUT2D eigenvalue weighted by Gasteiger charge is -2.32. The zero-order valence-electron chi connectivity index (χ0n) is 33.6. The van der Waals surface area contributed by atoms with E-state index < -0.39 is 11.5 Å². The number of rotatable bonds is 18. The van der Waals surface area contributed by atoms with Crippen LogP contribution in [0.25, 0.3) is 0 Å². The Labute approximate surface area is 328 Å². The molecule has 8 nitrogen and oxygen atoms in total. The van der Waals surface area contributed by atoms with Crippen LogP contribution in [0.5, 0.6) is 11.5 Å². The van der Waals surface area contributed by atoms with Gasteiger partial charge in [-0.2, -0.15) is 0 Å². The van der Waals surface area contributed by atoms with Crippen molar-refractivity contribution in [2.45, 2.75) is 91.8 Å². The van der Waals surface area contributed by atoms with Gasteiger partial charge in [0.2, 0.25) is 0 Å². The molecule has 8 heteroatoms. The number of ether oxygens (including phenoxy) is 4. The summed E-state index contributed by atoms with van der Waals surface area (Å²) < 4.78 is 23.4. The number of carbonyl (C=O) groups is 2. The lowest BCUT2D eigenvalue weighted by molar-refractivity contribution is -0.676. The van der Waals surface area contributed by atoms with Crippen molar-refractivity contribution in [3.8, 4) is 11.5 Å². The van der Waals surface area contributed by atoms with E-state index in [0.29, 0.717) is 37.6 Å². The number of hydrogen-bond donors (Lipinski definition) is 1. The fraction of sp³-hybridized carbons (Fsp3) is 0.447. The fourth-order valence-electron chi connectivity index (χ4n) is 6.87. The van der Waals surface area contributed by atoms with Crippen molar-refractivity contribution in [2.75, 3.05) is 32.9 Å². The second kappa shape index (κ2) is 20.2. The molecule has 0 atom stereocenters. The van der Waals surface area contributed by atoms with Crippen molar-refractivity contribution in [3.63, 3.8) is 0 Å². The maximum Gasteiger partial charge on any atom is 0.410 e. The first-order chi connectivity index (χ1) is 26.4. The lowest BCUT2D eigenvalue weighted by Crippen LogP contribution is -2.84. The Bertz CT molecular complexity index is 1740. The molecule has 294 valence electrons. The molecule has 2 N–H and O–H groups in total. The third-order valence-electron chi connectivity index (χ3n) is 10.1. The van der Waals surface area contributed by atoms with E-state index in [-0.39, 0.29) is 24.6 Å². The van der Waals surface area contributed by atoms with Gasteiger partial charge in [0, 0.05) is 30.0 Å². The number of benzene rings is 4. The Morgan fingerprint density at radius 2 is 1.29 bits per heavy atom. The highest BCUT2D eigenvalue weighted by molar-refractivity contribution is 5.89. The molecule has 1 saturated carbocycles. The summed E-state index contributed by atoms with van der Waals surface area (Å²) in [7, 11) is 0. The van der Waals surface area contributed by atoms with Gasteiger partial charge in [-0.25, -0.2) is 9.59 Å². The van der Waals surface area contributed by atoms with Gasteiger partial charge in [0.1, 0.15) is 37.9 Å². The van der Waals surface area contributed by atoms with Crippen LogP contribution in [0.1, 0.15) is 99.3 Å². The molecule has 55 heavy (non-hydrogen) atoms. The predicted octanol–water partition coefficient (Wildman–Crippen LogP) is 9.11. The molecule has 0 spiro atoms. The molecule has 5 rings (SSSR count). The SMILES string of the molecule is CC(C)(COC(=O)c1ccc(C[NH2+]CC2CCCCC2)cc1)CN(Cc1ccc(OCCOc2ccc(C(C)(C)C)cc2)cc1)C(=O)OCc1ccccc1. The Hall–Kier alpha value is -4.82. The summed E-state index contributed by atoms with van der Waals surface area (Å²) >= 11 is 0. The van der Waals surface area contributed by atoms with Crippen LogP contribution in [0.15, 0.2) is 103 Å². The van der Waals surface area contributed by atoms with Gasteiger partial charge in [0.25, 0.3) is 0 Å². The van der Waals surface area contributed by atoms with Gasteiger partial charge in [0.05, 0.1) is 18.7 Å². The first-order valence-corrected chi connectivity index (χ1v) is 19.9. The molecule has 0 saturated heterocycles. The molecule has 0 aliphatic heterocycles. The summed E-state index contributed by atoms with van der Waals surface area (Å²) in [6.07, 6.45) is 6.35. The molecule has 0 unspecified atom stereocenters. The molecule has 0 heterocycles. The van der Waals surface area contributed by atoms with Crippen LogP contribution in [0.2, 0.25) is 0 Å². The molecule has 1 fully saturated rings. The van der Waals surface area contributed by atoms with Crippen LogP contribution < -0.4 is 14.8 Å². The predicted molar refractivity (Wildman–Crippen MR) is 217 cm³/mol. The van der Waals surface area contributed by atoms with Crippen LogP contribution in [0.4, 0.5) is 4.79 Å². The van der Waals surface area contributed by atoms with Crippen LogP contribution in [-0.4, -0.2) is 49.9 Å². The number of quaternary nitrogens is 1. The van der Waals surface area contributed by atoms with E-state index in [0.717, 1.165) is 29.3 Å². The summed E-state index contributed by atoms with van der Waals surface area (Å²) in [6.45, 7) is 14.4. The average molecular weight is 750 g/mol. The van der Waals surface area contributed by atoms with E-state index >= 15 is 0 Å². The van der Waals surface area contributed by atoms with Gasteiger partial charge in [-0.3, -0.25) is 0 Å². The first kappa shape index (κ1) is 41.3. The monoisotopic (exact) mass is 749 g/mol. The topological polar surface area (TPSA) is 90.9 Å². The average Bonchev–Trinajstić information content (AvgIpc) is 3.19. The summed E-state index contributed by atoms with van der Waals surface area (Å²) in [5.41, 5.74) is 4.35. The van der Waals surface area contributed by atoms with Crippen molar-refractivity contribution >= 4 is 12.1 Å². The van der Waals surface area contributed by atoms with Crippen LogP contribution in [-0.2, 0) is 34.6 Å². The van der Waals surface area contributed by atoms with E-state index in [1.807, 2.05) is 105 Å². The van der Waals surface area contributed by atoms with Gasteiger partial charge < -0.3 is 29.2 Å². The second-order valence-corrected chi connectivity index (χ2v) is 16.7. The summed E-state index contributed by atoms with van der Waals surface area (Å²) in [4.78, 5) is 28.3. The second-order valence-electron chi connectivity index (χ2n) is 16.7. The fourth-order valence-corrected chi connectivity index (χ4v) is 6.87. The third kappa shape index (κ3) is 14.1. The minimum absolute atomic E-state index is 0.0953. The minimum atomic E-state index is -0.550. The number of nitrogens with zero attached hydrogens (tertiary/aromatic N) is 1. The normalized spacial score (nSPS) is 13.5. The Morgan fingerprint density at radius 3 is 1.91 bits per heavy atom. The van der Waals surface area contributed by atoms with Crippen molar-refractivity contribution in [1.29, 1.82) is 0 Å². The largest absolute Gasteiger partial charge is 0.490 e. The van der Waals surface area contributed by atoms with Gasteiger partial charge in [-0.05, 0) is 71.3 Å². The summed E-state index contributed by atoms with van der Waals surface area (Å²) in [5, 5.41) is 2.38. The van der Waals surface area contributed by atoms with E-state index in [4.69, 9.17) is 18.9 Å². The zero-order valence-corrected chi connectivity index (χ0v) is 33.6. The van der Waals surface area contributed by atoms with Crippen LogP contribution in [0.3, 0.4) is 0 Å². The first-order valence-electron chi connectivity index (χ1n) is 19.9. The Balaban J connectivity index is 1.12. The van der Waals surface area contributed by atoms with E-state index in [1.54, 1.807) is 4.90 Å². The molecule has 0 bridgehead atoms. The standard InChI is InChI=1S/C47H60N2O6/c1-46(2,3)41-22-26-43(27-23-41)53-29-28-52-42-24-18-38(19-25-42)32-49(45(51)54-33-39-14-10-7-11-15-39)34-47(4,5)35-55-44(50)40-20-16-37(17-21-40)31-48-30-36-12-8-6-9-13-36/h7,10-11,14-27,36,48H,6,8-9,12-13,28-35H2,1-5H3/p+1. The van der Waals surface area contributed by atoms with Gasteiger partial charge >= 0.3 is 12.1 Å². The van der Waals surface area contributed by atoms with Crippen LogP contribution in [0, 0.1) is 11.3 Å². The molecule has 4 aromatic rings. The van der Waals surface area contributed by atoms with Crippen LogP contribution >= 0.6 is 0 Å². The summed E-state index contributed by atoms with van der Waals surface area (Å²) in [5.74, 6) is 1.98. The Kier molecular flexibility index (Phi) is 15.2. The number of amides is 1. The van der Waals surface area contributed by atoms with Gasteiger partial charge in [-0.15, -0.1) is 0 Å². The lowest BCUT2D eigenvalue weighted by atomic mass is 9.87. The van der Waals surface area contributed by atoms with Crippen molar-refractivity contribution in [2.24, 2.45) is 11.3 Å². The molecule has 0 radical (unpaired) electrons. The number of carbonyl (C=O) groups excluding carboxylic acids is 2. The third-order valence-corrected chi connectivity index (χ3v) is 10.1. The molecule has 1 aliphatic rings. The molecular weight excluding hydrogens is 689 g/mol. The van der Waals surface area contributed by atoms with E-state index in [2.05, 4.69) is 38.2 Å². The quantitative estimate of drug-likeness (QED) is 0.0807. The highest BCUT2D eigenvalue weighted by Gasteiger charge is 2.28. The smallest absolute Gasteiger partial charge is 0.410 e.